The van der Waals surface area contributed by atoms with Crippen LogP contribution < -0.4 is 5.73 Å². The smallest absolute Gasteiger partial charge is 0.253 e. The number of nitrogens with two attached hydrogens (primary N) is 1. The number of sulfonamides is 1. The summed E-state index contributed by atoms with van der Waals surface area (Å²) in [6.45, 7) is 3.78. The number of amides is 1. The molecule has 0 spiro atoms. The highest BCUT2D eigenvalue weighted by Crippen LogP contribution is 2.30. The first kappa shape index (κ1) is 20.6. The van der Waals surface area contributed by atoms with E-state index in [1.54, 1.807) is 17.5 Å². The van der Waals surface area contributed by atoms with Gasteiger partial charge in [-0.15, -0.1) is 23.7 Å². The predicted molar refractivity (Wildman–Crippen MR) is 101 cm³/mol. The average molecular weight is 408 g/mol. The van der Waals surface area contributed by atoms with Gasteiger partial charge in [0.25, 0.3) is 10.0 Å². The molecule has 0 bridgehead atoms. The lowest BCUT2D eigenvalue weighted by atomic mass is 9.90. The molecular weight excluding hydrogens is 382 g/mol. The summed E-state index contributed by atoms with van der Waals surface area (Å²) in [7, 11) is -3.57. The lowest BCUT2D eigenvalue weighted by Crippen LogP contribution is -2.50. The molecular formula is C16H26ClN3O3S2. The van der Waals surface area contributed by atoms with Gasteiger partial charge in [0.1, 0.15) is 10.3 Å². The second kappa shape index (κ2) is 8.35. The average Bonchev–Trinajstić information content (AvgIpc) is 3.26. The van der Waals surface area contributed by atoms with Crippen LogP contribution in [0.3, 0.4) is 0 Å². The summed E-state index contributed by atoms with van der Waals surface area (Å²) in [6.07, 6.45) is 3.13. The van der Waals surface area contributed by atoms with Gasteiger partial charge in [-0.05, 0) is 50.0 Å². The third kappa shape index (κ3) is 4.19. The fourth-order valence-electron chi connectivity index (χ4n) is 3.66. The molecule has 9 heteroatoms. The topological polar surface area (TPSA) is 83.7 Å². The molecule has 2 aliphatic heterocycles. The SMILES string of the molecule is CC(N)C1CCN(C(=O)C2CCCN2S(=O)(=O)c2cccs2)CC1.Cl. The molecule has 1 aromatic heterocycles. The van der Waals surface area contributed by atoms with Crippen LogP contribution in [0, 0.1) is 5.92 Å². The number of halogens is 1. The van der Waals surface area contributed by atoms with Gasteiger partial charge in [-0.1, -0.05) is 6.07 Å². The second-order valence-electron chi connectivity index (χ2n) is 6.73. The van der Waals surface area contributed by atoms with Crippen molar-refractivity contribution >= 4 is 39.7 Å². The van der Waals surface area contributed by atoms with Crippen molar-refractivity contribution in [2.24, 2.45) is 11.7 Å². The first-order valence-corrected chi connectivity index (χ1v) is 10.8. The van der Waals surface area contributed by atoms with Gasteiger partial charge in [0, 0.05) is 25.7 Å². The highest BCUT2D eigenvalue weighted by atomic mass is 35.5. The fraction of sp³-hybridized carbons (Fsp3) is 0.688. The summed E-state index contributed by atoms with van der Waals surface area (Å²) < 4.78 is 27.3. The number of hydrogen-bond donors (Lipinski definition) is 1. The van der Waals surface area contributed by atoms with Crippen molar-refractivity contribution in [2.75, 3.05) is 19.6 Å². The monoisotopic (exact) mass is 407 g/mol. The molecule has 2 aliphatic rings. The Morgan fingerprint density at radius 3 is 2.52 bits per heavy atom. The Morgan fingerprint density at radius 2 is 1.96 bits per heavy atom. The zero-order valence-electron chi connectivity index (χ0n) is 14.3. The molecule has 25 heavy (non-hydrogen) atoms. The van der Waals surface area contributed by atoms with Crippen molar-refractivity contribution in [2.45, 2.75) is 48.9 Å². The molecule has 1 aromatic rings. The molecule has 2 fully saturated rings. The van der Waals surface area contributed by atoms with E-state index >= 15 is 0 Å². The van der Waals surface area contributed by atoms with Crippen molar-refractivity contribution < 1.29 is 13.2 Å². The zero-order valence-corrected chi connectivity index (χ0v) is 16.8. The third-order valence-electron chi connectivity index (χ3n) is 5.14. The van der Waals surface area contributed by atoms with Crippen molar-refractivity contribution in [3.05, 3.63) is 17.5 Å². The van der Waals surface area contributed by atoms with Crippen LogP contribution in [0.2, 0.25) is 0 Å². The van der Waals surface area contributed by atoms with E-state index in [-0.39, 0.29) is 24.4 Å². The molecule has 2 unspecified atom stereocenters. The molecule has 3 rings (SSSR count). The van der Waals surface area contributed by atoms with Gasteiger partial charge in [-0.2, -0.15) is 4.31 Å². The van der Waals surface area contributed by atoms with Gasteiger partial charge >= 0.3 is 0 Å². The molecule has 2 saturated heterocycles. The first-order chi connectivity index (χ1) is 11.4. The van der Waals surface area contributed by atoms with Gasteiger partial charge in [0.05, 0.1) is 0 Å². The molecule has 0 aromatic carbocycles. The Balaban J connectivity index is 0.00000225. The molecule has 0 radical (unpaired) electrons. The van der Waals surface area contributed by atoms with E-state index in [4.69, 9.17) is 5.73 Å². The summed E-state index contributed by atoms with van der Waals surface area (Å²) in [5.74, 6) is 0.402. The molecule has 142 valence electrons. The molecule has 2 N–H and O–H groups in total. The highest BCUT2D eigenvalue weighted by molar-refractivity contribution is 7.91. The Morgan fingerprint density at radius 1 is 1.28 bits per heavy atom. The van der Waals surface area contributed by atoms with E-state index in [0.29, 0.717) is 36.2 Å². The summed E-state index contributed by atoms with van der Waals surface area (Å²) >= 11 is 1.20. The van der Waals surface area contributed by atoms with Crippen molar-refractivity contribution in [1.29, 1.82) is 0 Å². The van der Waals surface area contributed by atoms with Gasteiger partial charge in [0.15, 0.2) is 0 Å². The van der Waals surface area contributed by atoms with Crippen molar-refractivity contribution in [3.63, 3.8) is 0 Å². The van der Waals surface area contributed by atoms with Crippen LogP contribution in [-0.4, -0.2) is 55.2 Å². The van der Waals surface area contributed by atoms with E-state index in [1.807, 2.05) is 11.8 Å². The van der Waals surface area contributed by atoms with E-state index in [1.165, 1.54) is 15.6 Å². The maximum atomic E-state index is 12.9. The van der Waals surface area contributed by atoms with Crippen molar-refractivity contribution in [1.82, 2.24) is 9.21 Å². The zero-order chi connectivity index (χ0) is 17.3. The van der Waals surface area contributed by atoms with Gasteiger partial charge in [0.2, 0.25) is 5.91 Å². The lowest BCUT2D eigenvalue weighted by Gasteiger charge is -2.36. The maximum absolute atomic E-state index is 12.9. The number of carbonyl (C=O) groups excluding carboxylic acids is 1. The minimum Gasteiger partial charge on any atom is -0.341 e. The minimum atomic E-state index is -3.57. The van der Waals surface area contributed by atoms with E-state index in [9.17, 15) is 13.2 Å². The van der Waals surface area contributed by atoms with E-state index < -0.39 is 16.1 Å². The van der Waals surface area contributed by atoms with Gasteiger partial charge in [-0.25, -0.2) is 8.42 Å². The van der Waals surface area contributed by atoms with Crippen LogP contribution in [0.25, 0.3) is 0 Å². The Bertz CT molecular complexity index is 671. The van der Waals surface area contributed by atoms with Crippen LogP contribution in [0.5, 0.6) is 0 Å². The number of hydrogen-bond acceptors (Lipinski definition) is 5. The maximum Gasteiger partial charge on any atom is 0.253 e. The Labute approximate surface area is 159 Å². The molecule has 2 atom stereocenters. The predicted octanol–water partition coefficient (Wildman–Crippen LogP) is 1.91. The van der Waals surface area contributed by atoms with Crippen molar-refractivity contribution in [3.8, 4) is 0 Å². The van der Waals surface area contributed by atoms with Crippen LogP contribution in [0.15, 0.2) is 21.7 Å². The summed E-state index contributed by atoms with van der Waals surface area (Å²) in [6, 6.07) is 2.92. The van der Waals surface area contributed by atoms with Gasteiger partial charge < -0.3 is 10.6 Å². The molecule has 1 amide bonds. The number of likely N-dealkylation sites (tertiary alicyclic amines) is 1. The normalized spacial score (nSPS) is 24.1. The van der Waals surface area contributed by atoms with Crippen LogP contribution in [-0.2, 0) is 14.8 Å². The molecule has 0 saturated carbocycles. The second-order valence-corrected chi connectivity index (χ2v) is 9.79. The fourth-order valence-corrected chi connectivity index (χ4v) is 6.43. The first-order valence-electron chi connectivity index (χ1n) is 8.51. The lowest BCUT2D eigenvalue weighted by molar-refractivity contribution is -0.136. The van der Waals surface area contributed by atoms with Crippen LogP contribution >= 0.6 is 23.7 Å². The number of rotatable bonds is 4. The minimum absolute atomic E-state index is 0. The number of thiophene rings is 1. The standard InChI is InChI=1S/C16H25N3O3S2.ClH/c1-12(17)13-6-9-18(10-7-13)16(20)14-4-2-8-19(14)24(21,22)15-5-3-11-23-15;/h3,5,11-14H,2,4,6-10,17H2,1H3;1H. The van der Waals surface area contributed by atoms with Crippen LogP contribution in [0.4, 0.5) is 0 Å². The summed E-state index contributed by atoms with van der Waals surface area (Å²) in [4.78, 5) is 14.7. The van der Waals surface area contributed by atoms with Gasteiger partial charge in [-0.3, -0.25) is 4.79 Å². The summed E-state index contributed by atoms with van der Waals surface area (Å²) in [5.41, 5.74) is 5.95. The summed E-state index contributed by atoms with van der Waals surface area (Å²) in [5, 5.41) is 1.75. The Kier molecular flexibility index (Phi) is 6.89. The Hall–Kier alpha value is -0.670. The molecule has 3 heterocycles. The highest BCUT2D eigenvalue weighted by Gasteiger charge is 2.42. The number of piperidine rings is 1. The number of nitrogens with zero attached hydrogens (tertiary/aromatic N) is 2. The third-order valence-corrected chi connectivity index (χ3v) is 8.42. The quantitative estimate of drug-likeness (QED) is 0.826. The van der Waals surface area contributed by atoms with Crippen LogP contribution in [0.1, 0.15) is 32.6 Å². The van der Waals surface area contributed by atoms with E-state index in [0.717, 1.165) is 19.3 Å². The number of carbonyl (C=O) groups is 1. The largest absolute Gasteiger partial charge is 0.341 e. The molecule has 0 aliphatic carbocycles. The van der Waals surface area contributed by atoms with E-state index in [2.05, 4.69) is 0 Å². The molecule has 6 nitrogen and oxygen atoms in total.